The quantitative estimate of drug-likeness (QED) is 0.589. The summed E-state index contributed by atoms with van der Waals surface area (Å²) in [6.07, 6.45) is 0. The summed E-state index contributed by atoms with van der Waals surface area (Å²) < 4.78 is 8.18. The van der Waals surface area contributed by atoms with Crippen LogP contribution in [-0.2, 0) is 4.79 Å². The van der Waals surface area contributed by atoms with Gasteiger partial charge in [-0.15, -0.1) is 10.2 Å². The van der Waals surface area contributed by atoms with Crippen molar-refractivity contribution >= 4 is 39.3 Å². The minimum Gasteiger partial charge on any atom is -0.446 e. The van der Waals surface area contributed by atoms with Gasteiger partial charge in [0.2, 0.25) is 11.7 Å². The molecule has 0 aliphatic carbocycles. The lowest BCUT2D eigenvalue weighted by Gasteiger charge is -2.12. The minimum absolute atomic E-state index is 0.0863. The van der Waals surface area contributed by atoms with E-state index in [1.165, 1.54) is 11.8 Å². The van der Waals surface area contributed by atoms with Crippen LogP contribution in [0.1, 0.15) is 19.9 Å². The normalized spacial score (nSPS) is 11.0. The molecule has 3 aromatic rings. The van der Waals surface area contributed by atoms with Crippen molar-refractivity contribution in [2.24, 2.45) is 0 Å². The van der Waals surface area contributed by atoms with Crippen molar-refractivity contribution in [3.8, 4) is 11.6 Å². The number of furan rings is 1. The first-order chi connectivity index (χ1) is 12.0. The third-order valence-electron chi connectivity index (χ3n) is 3.36. The monoisotopic (exact) mass is 420 g/mol. The Morgan fingerprint density at radius 2 is 2.00 bits per heavy atom. The van der Waals surface area contributed by atoms with E-state index in [9.17, 15) is 4.79 Å². The van der Waals surface area contributed by atoms with E-state index < -0.39 is 0 Å². The van der Waals surface area contributed by atoms with Crippen LogP contribution in [0.15, 0.2) is 56.7 Å². The number of amides is 1. The number of nitrogens with zero attached hydrogens (tertiary/aromatic N) is 3. The Labute approximate surface area is 158 Å². The highest BCUT2D eigenvalue weighted by molar-refractivity contribution is 9.10. The molecule has 1 amide bonds. The second-order valence-electron chi connectivity index (χ2n) is 5.58. The Kier molecular flexibility index (Phi) is 5.60. The SMILES string of the molecule is CC(C)n1c(SCC(=O)Nc2ccccc2)nnc1-c1ccc(Br)o1. The van der Waals surface area contributed by atoms with Gasteiger partial charge >= 0.3 is 0 Å². The van der Waals surface area contributed by atoms with Crippen molar-refractivity contribution in [3.05, 3.63) is 47.1 Å². The number of rotatable bonds is 6. The van der Waals surface area contributed by atoms with Gasteiger partial charge in [-0.1, -0.05) is 30.0 Å². The molecule has 3 rings (SSSR count). The van der Waals surface area contributed by atoms with Gasteiger partial charge in [0, 0.05) is 11.7 Å². The van der Waals surface area contributed by atoms with E-state index in [-0.39, 0.29) is 17.7 Å². The predicted molar refractivity (Wildman–Crippen MR) is 102 cm³/mol. The van der Waals surface area contributed by atoms with E-state index in [1.54, 1.807) is 0 Å². The van der Waals surface area contributed by atoms with Crippen LogP contribution < -0.4 is 5.32 Å². The van der Waals surface area contributed by atoms with Gasteiger partial charge in [-0.05, 0) is 54.0 Å². The predicted octanol–water partition coefficient (Wildman–Crippen LogP) is 4.61. The number of hydrogen-bond donors (Lipinski definition) is 1. The molecular weight excluding hydrogens is 404 g/mol. The summed E-state index contributed by atoms with van der Waals surface area (Å²) in [5.41, 5.74) is 0.777. The number of carbonyl (C=O) groups is 1. The molecule has 0 spiro atoms. The van der Waals surface area contributed by atoms with E-state index >= 15 is 0 Å². The number of anilines is 1. The Hall–Kier alpha value is -2.06. The molecular formula is C17H17BrN4O2S. The number of carbonyl (C=O) groups excluding carboxylic acids is 1. The maximum atomic E-state index is 12.1. The molecule has 25 heavy (non-hydrogen) atoms. The van der Waals surface area contributed by atoms with Crippen molar-refractivity contribution in [3.63, 3.8) is 0 Å². The van der Waals surface area contributed by atoms with E-state index in [4.69, 9.17) is 4.42 Å². The first-order valence-electron chi connectivity index (χ1n) is 7.73. The number of thioether (sulfide) groups is 1. The maximum Gasteiger partial charge on any atom is 0.234 e. The number of aromatic nitrogens is 3. The fraction of sp³-hybridized carbons (Fsp3) is 0.235. The van der Waals surface area contributed by atoms with E-state index in [0.29, 0.717) is 21.4 Å². The summed E-state index contributed by atoms with van der Waals surface area (Å²) in [4.78, 5) is 12.1. The zero-order chi connectivity index (χ0) is 17.8. The van der Waals surface area contributed by atoms with Gasteiger partial charge in [-0.2, -0.15) is 0 Å². The number of para-hydroxylation sites is 1. The molecule has 0 aliphatic heterocycles. The van der Waals surface area contributed by atoms with Crippen LogP contribution >= 0.6 is 27.7 Å². The molecule has 0 aliphatic rings. The smallest absolute Gasteiger partial charge is 0.234 e. The Morgan fingerprint density at radius 1 is 1.24 bits per heavy atom. The highest BCUT2D eigenvalue weighted by Crippen LogP contribution is 2.30. The first kappa shape index (κ1) is 17.8. The summed E-state index contributed by atoms with van der Waals surface area (Å²) in [5, 5.41) is 12.0. The number of hydrogen-bond acceptors (Lipinski definition) is 5. The van der Waals surface area contributed by atoms with Crippen molar-refractivity contribution in [2.45, 2.75) is 25.0 Å². The van der Waals surface area contributed by atoms with Gasteiger partial charge in [0.15, 0.2) is 15.6 Å². The lowest BCUT2D eigenvalue weighted by molar-refractivity contribution is -0.113. The fourth-order valence-electron chi connectivity index (χ4n) is 2.29. The first-order valence-corrected chi connectivity index (χ1v) is 9.50. The number of nitrogens with one attached hydrogen (secondary N) is 1. The average Bonchev–Trinajstić information content (AvgIpc) is 3.19. The van der Waals surface area contributed by atoms with Crippen molar-refractivity contribution in [2.75, 3.05) is 11.1 Å². The van der Waals surface area contributed by atoms with Crippen LogP contribution in [0.3, 0.4) is 0 Å². The second-order valence-corrected chi connectivity index (χ2v) is 7.30. The minimum atomic E-state index is -0.0863. The molecule has 2 aromatic heterocycles. The molecule has 2 heterocycles. The van der Waals surface area contributed by atoms with Gasteiger partial charge in [0.1, 0.15) is 0 Å². The number of benzene rings is 1. The molecule has 8 heteroatoms. The summed E-state index contributed by atoms with van der Waals surface area (Å²) in [6, 6.07) is 13.2. The molecule has 0 saturated heterocycles. The van der Waals surface area contributed by atoms with Crippen LogP contribution in [0.5, 0.6) is 0 Å². The Bertz CT molecular complexity index is 861. The molecule has 1 N–H and O–H groups in total. The van der Waals surface area contributed by atoms with Crippen LogP contribution in [0, 0.1) is 0 Å². The topological polar surface area (TPSA) is 73.0 Å². The second kappa shape index (κ2) is 7.88. The molecule has 0 radical (unpaired) electrons. The summed E-state index contributed by atoms with van der Waals surface area (Å²) in [7, 11) is 0. The van der Waals surface area contributed by atoms with Gasteiger partial charge < -0.3 is 9.73 Å². The maximum absolute atomic E-state index is 12.1. The van der Waals surface area contributed by atoms with Crippen molar-refractivity contribution in [1.29, 1.82) is 0 Å². The van der Waals surface area contributed by atoms with Gasteiger partial charge in [-0.25, -0.2) is 0 Å². The van der Waals surface area contributed by atoms with Crippen LogP contribution in [0.4, 0.5) is 5.69 Å². The van der Waals surface area contributed by atoms with Crippen molar-refractivity contribution in [1.82, 2.24) is 14.8 Å². The summed E-state index contributed by atoms with van der Waals surface area (Å²) >= 11 is 4.65. The van der Waals surface area contributed by atoms with E-state index in [2.05, 4.69) is 31.4 Å². The Morgan fingerprint density at radius 3 is 2.64 bits per heavy atom. The van der Waals surface area contributed by atoms with Crippen LogP contribution in [0.2, 0.25) is 0 Å². The Balaban J connectivity index is 1.72. The molecule has 0 atom stereocenters. The number of halogens is 1. The van der Waals surface area contributed by atoms with Crippen LogP contribution in [-0.4, -0.2) is 26.4 Å². The molecule has 1 aromatic carbocycles. The lowest BCUT2D eigenvalue weighted by Crippen LogP contribution is -2.14. The standard InChI is InChI=1S/C17H17BrN4O2S/c1-11(2)22-16(13-8-9-14(18)24-13)20-21-17(22)25-10-15(23)19-12-6-4-3-5-7-12/h3-9,11H,10H2,1-2H3,(H,19,23). The zero-order valence-corrected chi connectivity index (χ0v) is 16.2. The van der Waals surface area contributed by atoms with Crippen LogP contribution in [0.25, 0.3) is 11.6 Å². The molecule has 6 nitrogen and oxygen atoms in total. The molecule has 0 unspecified atom stereocenters. The zero-order valence-electron chi connectivity index (χ0n) is 13.8. The van der Waals surface area contributed by atoms with Gasteiger partial charge in [0.05, 0.1) is 5.75 Å². The molecule has 0 bridgehead atoms. The fourth-order valence-corrected chi connectivity index (χ4v) is 3.47. The third kappa shape index (κ3) is 4.32. The summed E-state index contributed by atoms with van der Waals surface area (Å²) in [5.74, 6) is 1.44. The highest BCUT2D eigenvalue weighted by atomic mass is 79.9. The largest absolute Gasteiger partial charge is 0.446 e. The highest BCUT2D eigenvalue weighted by Gasteiger charge is 2.20. The lowest BCUT2D eigenvalue weighted by atomic mass is 10.3. The van der Waals surface area contributed by atoms with Gasteiger partial charge in [-0.3, -0.25) is 9.36 Å². The molecule has 0 saturated carbocycles. The molecule has 130 valence electrons. The van der Waals surface area contributed by atoms with Gasteiger partial charge in [0.25, 0.3) is 0 Å². The van der Waals surface area contributed by atoms with E-state index in [0.717, 1.165) is 5.69 Å². The summed E-state index contributed by atoms with van der Waals surface area (Å²) in [6.45, 7) is 4.08. The average molecular weight is 421 g/mol. The van der Waals surface area contributed by atoms with E-state index in [1.807, 2.05) is 60.9 Å². The molecule has 0 fully saturated rings. The third-order valence-corrected chi connectivity index (χ3v) is 4.73. The van der Waals surface area contributed by atoms with Crippen molar-refractivity contribution < 1.29 is 9.21 Å².